The molecule has 2 fully saturated rings. The zero-order valence-corrected chi connectivity index (χ0v) is 10.4. The summed E-state index contributed by atoms with van der Waals surface area (Å²) < 4.78 is 5.28. The molecule has 2 unspecified atom stereocenters. The fourth-order valence-electron chi connectivity index (χ4n) is 2.44. The van der Waals surface area contributed by atoms with Crippen molar-refractivity contribution in [1.82, 2.24) is 10.2 Å². The van der Waals surface area contributed by atoms with Gasteiger partial charge in [0.1, 0.15) is 6.04 Å². The molecule has 2 heterocycles. The standard InChI is InChI=1S/C12H20N2O3/c1-8(2)5-10-12(16)14(6-11(15)13-10)9-3-4-17-7-9/h8-10H,3-7H2,1-2H3,(H,13,15). The molecule has 0 aromatic rings. The summed E-state index contributed by atoms with van der Waals surface area (Å²) in [4.78, 5) is 25.6. The summed E-state index contributed by atoms with van der Waals surface area (Å²) in [5, 5.41) is 2.78. The summed E-state index contributed by atoms with van der Waals surface area (Å²) in [5.41, 5.74) is 0. The van der Waals surface area contributed by atoms with Gasteiger partial charge >= 0.3 is 0 Å². The lowest BCUT2D eigenvalue weighted by Gasteiger charge is -2.36. The molecule has 2 amide bonds. The van der Waals surface area contributed by atoms with E-state index in [4.69, 9.17) is 4.74 Å². The van der Waals surface area contributed by atoms with Crippen molar-refractivity contribution in [3.8, 4) is 0 Å². The third-order valence-corrected chi connectivity index (χ3v) is 3.28. The predicted molar refractivity (Wildman–Crippen MR) is 62.3 cm³/mol. The fourth-order valence-corrected chi connectivity index (χ4v) is 2.44. The first kappa shape index (κ1) is 12.4. The Morgan fingerprint density at radius 3 is 2.82 bits per heavy atom. The van der Waals surface area contributed by atoms with Gasteiger partial charge in [0.05, 0.1) is 19.2 Å². The molecular weight excluding hydrogens is 220 g/mol. The highest BCUT2D eigenvalue weighted by molar-refractivity contribution is 5.95. The number of amides is 2. The molecule has 2 atom stereocenters. The lowest BCUT2D eigenvalue weighted by atomic mass is 10.00. The molecular formula is C12H20N2O3. The number of nitrogens with one attached hydrogen (secondary N) is 1. The van der Waals surface area contributed by atoms with Gasteiger partial charge in [-0.2, -0.15) is 0 Å². The number of carbonyl (C=O) groups is 2. The van der Waals surface area contributed by atoms with E-state index in [0.717, 1.165) is 6.42 Å². The molecule has 96 valence electrons. The Bertz CT molecular complexity index is 311. The minimum Gasteiger partial charge on any atom is -0.379 e. The first-order valence-corrected chi connectivity index (χ1v) is 6.25. The average Bonchev–Trinajstić information content (AvgIpc) is 2.75. The van der Waals surface area contributed by atoms with Crippen molar-refractivity contribution in [1.29, 1.82) is 0 Å². The van der Waals surface area contributed by atoms with Gasteiger partial charge in [0.2, 0.25) is 11.8 Å². The maximum atomic E-state index is 12.2. The minimum atomic E-state index is -0.350. The normalized spacial score (nSPS) is 29.9. The first-order valence-electron chi connectivity index (χ1n) is 6.25. The first-order chi connectivity index (χ1) is 8.08. The van der Waals surface area contributed by atoms with E-state index in [2.05, 4.69) is 19.2 Å². The smallest absolute Gasteiger partial charge is 0.245 e. The molecule has 0 aliphatic carbocycles. The number of ether oxygens (including phenoxy) is 1. The number of nitrogens with zero attached hydrogens (tertiary/aromatic N) is 1. The Morgan fingerprint density at radius 2 is 2.24 bits per heavy atom. The second-order valence-electron chi connectivity index (χ2n) is 5.23. The van der Waals surface area contributed by atoms with E-state index in [1.807, 2.05) is 0 Å². The van der Waals surface area contributed by atoms with Crippen molar-refractivity contribution in [2.45, 2.75) is 38.8 Å². The zero-order valence-electron chi connectivity index (χ0n) is 10.4. The molecule has 0 aromatic heterocycles. The molecule has 0 bridgehead atoms. The Hall–Kier alpha value is -1.10. The van der Waals surface area contributed by atoms with E-state index in [1.54, 1.807) is 4.90 Å². The third kappa shape index (κ3) is 2.77. The van der Waals surface area contributed by atoms with Gasteiger partial charge in [-0.1, -0.05) is 13.8 Å². The Labute approximate surface area is 101 Å². The molecule has 5 heteroatoms. The molecule has 2 saturated heterocycles. The van der Waals surface area contributed by atoms with E-state index >= 15 is 0 Å². The summed E-state index contributed by atoms with van der Waals surface area (Å²) in [6.45, 7) is 5.54. The van der Waals surface area contributed by atoms with Gasteiger partial charge in [-0.25, -0.2) is 0 Å². The Kier molecular flexibility index (Phi) is 3.66. The van der Waals surface area contributed by atoms with Gasteiger partial charge in [0.15, 0.2) is 0 Å². The number of hydrogen-bond acceptors (Lipinski definition) is 3. The second kappa shape index (κ2) is 5.04. The number of hydrogen-bond donors (Lipinski definition) is 1. The number of rotatable bonds is 3. The largest absolute Gasteiger partial charge is 0.379 e. The van der Waals surface area contributed by atoms with E-state index in [9.17, 15) is 9.59 Å². The maximum Gasteiger partial charge on any atom is 0.245 e. The van der Waals surface area contributed by atoms with Crippen LogP contribution in [-0.2, 0) is 14.3 Å². The number of piperazine rings is 1. The molecule has 2 rings (SSSR count). The van der Waals surface area contributed by atoms with Crippen LogP contribution in [0, 0.1) is 5.92 Å². The van der Waals surface area contributed by atoms with Crippen LogP contribution in [0.1, 0.15) is 26.7 Å². The molecule has 0 aromatic carbocycles. The zero-order chi connectivity index (χ0) is 12.4. The van der Waals surface area contributed by atoms with Crippen LogP contribution in [0.3, 0.4) is 0 Å². The van der Waals surface area contributed by atoms with Crippen molar-refractivity contribution in [2.24, 2.45) is 5.92 Å². The van der Waals surface area contributed by atoms with E-state index in [1.165, 1.54) is 0 Å². The SMILES string of the molecule is CC(C)CC1NC(=O)CN(C2CCOC2)C1=O. The number of carbonyl (C=O) groups excluding carboxylic acids is 2. The van der Waals surface area contributed by atoms with Crippen LogP contribution in [0.2, 0.25) is 0 Å². The second-order valence-corrected chi connectivity index (χ2v) is 5.23. The third-order valence-electron chi connectivity index (χ3n) is 3.28. The van der Waals surface area contributed by atoms with Crippen molar-refractivity contribution in [3.63, 3.8) is 0 Å². The molecule has 0 saturated carbocycles. The van der Waals surface area contributed by atoms with Crippen LogP contribution in [0.25, 0.3) is 0 Å². The van der Waals surface area contributed by atoms with Gasteiger partial charge in [0.25, 0.3) is 0 Å². The molecule has 5 nitrogen and oxygen atoms in total. The highest BCUT2D eigenvalue weighted by Gasteiger charge is 2.37. The molecule has 0 radical (unpaired) electrons. The maximum absolute atomic E-state index is 12.2. The van der Waals surface area contributed by atoms with Crippen molar-refractivity contribution in [3.05, 3.63) is 0 Å². The monoisotopic (exact) mass is 240 g/mol. The Balaban J connectivity index is 2.05. The van der Waals surface area contributed by atoms with Crippen LogP contribution >= 0.6 is 0 Å². The van der Waals surface area contributed by atoms with Crippen molar-refractivity contribution < 1.29 is 14.3 Å². The van der Waals surface area contributed by atoms with Gasteiger partial charge < -0.3 is 15.0 Å². The van der Waals surface area contributed by atoms with Crippen LogP contribution in [0.15, 0.2) is 0 Å². The van der Waals surface area contributed by atoms with Gasteiger partial charge in [-0.15, -0.1) is 0 Å². The highest BCUT2D eigenvalue weighted by atomic mass is 16.5. The van der Waals surface area contributed by atoms with Crippen LogP contribution in [0.4, 0.5) is 0 Å². The highest BCUT2D eigenvalue weighted by Crippen LogP contribution is 2.18. The Morgan fingerprint density at radius 1 is 1.47 bits per heavy atom. The average molecular weight is 240 g/mol. The van der Waals surface area contributed by atoms with Crippen molar-refractivity contribution in [2.75, 3.05) is 19.8 Å². The van der Waals surface area contributed by atoms with Gasteiger partial charge in [-0.05, 0) is 18.8 Å². The van der Waals surface area contributed by atoms with E-state index < -0.39 is 0 Å². The van der Waals surface area contributed by atoms with Crippen molar-refractivity contribution >= 4 is 11.8 Å². The summed E-state index contributed by atoms with van der Waals surface area (Å²) in [5.74, 6) is 0.389. The van der Waals surface area contributed by atoms with Crippen LogP contribution in [0.5, 0.6) is 0 Å². The molecule has 17 heavy (non-hydrogen) atoms. The fraction of sp³-hybridized carbons (Fsp3) is 0.833. The molecule has 0 spiro atoms. The van der Waals surface area contributed by atoms with Crippen LogP contribution in [-0.4, -0.2) is 48.6 Å². The molecule has 1 N–H and O–H groups in total. The molecule has 2 aliphatic rings. The lowest BCUT2D eigenvalue weighted by molar-refractivity contribution is -0.147. The van der Waals surface area contributed by atoms with Crippen LogP contribution < -0.4 is 5.32 Å². The van der Waals surface area contributed by atoms with Gasteiger partial charge in [-0.3, -0.25) is 9.59 Å². The molecule has 2 aliphatic heterocycles. The summed E-state index contributed by atoms with van der Waals surface area (Å²) in [7, 11) is 0. The van der Waals surface area contributed by atoms with E-state index in [-0.39, 0.29) is 30.4 Å². The summed E-state index contributed by atoms with van der Waals surface area (Å²) in [6.07, 6.45) is 1.54. The van der Waals surface area contributed by atoms with E-state index in [0.29, 0.717) is 25.6 Å². The topological polar surface area (TPSA) is 58.6 Å². The lowest BCUT2D eigenvalue weighted by Crippen LogP contribution is -2.61. The minimum absolute atomic E-state index is 0.0498. The predicted octanol–water partition coefficient (Wildman–Crippen LogP) is 0.148. The van der Waals surface area contributed by atoms with Gasteiger partial charge in [0, 0.05) is 6.61 Å². The summed E-state index contributed by atoms with van der Waals surface area (Å²) in [6, 6.07) is -0.264. The quantitative estimate of drug-likeness (QED) is 0.764. The summed E-state index contributed by atoms with van der Waals surface area (Å²) >= 11 is 0.